The number of aliphatic hydroxyl groups is 5. The lowest BCUT2D eigenvalue weighted by Gasteiger charge is -2.40. The van der Waals surface area contributed by atoms with Gasteiger partial charge in [0, 0.05) is 6.42 Å². The highest BCUT2D eigenvalue weighted by Crippen LogP contribution is 2.23. The Labute approximate surface area is 478 Å². The Balaban J connectivity index is 2.18. The minimum Gasteiger partial charge on any atom is -0.394 e. The van der Waals surface area contributed by atoms with Gasteiger partial charge in [-0.05, 0) is 89.9 Å². The van der Waals surface area contributed by atoms with E-state index in [1.165, 1.54) is 122 Å². The summed E-state index contributed by atoms with van der Waals surface area (Å²) < 4.78 is 11.3. The van der Waals surface area contributed by atoms with Gasteiger partial charge in [-0.15, -0.1) is 0 Å². The molecule has 1 aliphatic heterocycles. The van der Waals surface area contributed by atoms with Crippen LogP contribution >= 0.6 is 0 Å². The van der Waals surface area contributed by atoms with Crippen LogP contribution in [0.4, 0.5) is 0 Å². The fourth-order valence-electron chi connectivity index (χ4n) is 9.33. The van der Waals surface area contributed by atoms with Crippen molar-refractivity contribution in [2.24, 2.45) is 0 Å². The van der Waals surface area contributed by atoms with Crippen LogP contribution in [0.15, 0.2) is 122 Å². The lowest BCUT2D eigenvalue weighted by atomic mass is 9.99. The van der Waals surface area contributed by atoms with E-state index in [1.807, 2.05) is 6.08 Å². The van der Waals surface area contributed by atoms with Crippen LogP contribution in [0.5, 0.6) is 0 Å². The van der Waals surface area contributed by atoms with Gasteiger partial charge in [0.1, 0.15) is 24.4 Å². The van der Waals surface area contributed by atoms with E-state index >= 15 is 0 Å². The number of nitrogens with one attached hydrogen (secondary N) is 1. The van der Waals surface area contributed by atoms with Crippen LogP contribution in [0.25, 0.3) is 0 Å². The number of carbonyl (C=O) groups excluding carboxylic acids is 1. The van der Waals surface area contributed by atoms with Crippen LogP contribution in [0.3, 0.4) is 0 Å². The van der Waals surface area contributed by atoms with Crippen LogP contribution in [0.1, 0.15) is 251 Å². The smallest absolute Gasteiger partial charge is 0.220 e. The summed E-state index contributed by atoms with van der Waals surface area (Å²) in [5.41, 5.74) is 0. The highest BCUT2D eigenvalue weighted by Gasteiger charge is 2.44. The fraction of sp³-hybridized carbons (Fsp3) is 0.696. The third-order valence-corrected chi connectivity index (χ3v) is 14.3. The molecule has 78 heavy (non-hydrogen) atoms. The molecule has 0 radical (unpaired) electrons. The van der Waals surface area contributed by atoms with Crippen molar-refractivity contribution >= 4 is 5.91 Å². The van der Waals surface area contributed by atoms with Crippen molar-refractivity contribution in [3.05, 3.63) is 122 Å². The molecule has 7 atom stereocenters. The van der Waals surface area contributed by atoms with Gasteiger partial charge in [-0.2, -0.15) is 0 Å². The Bertz CT molecular complexity index is 1640. The molecule has 0 aromatic carbocycles. The maximum absolute atomic E-state index is 13.1. The van der Waals surface area contributed by atoms with Crippen molar-refractivity contribution in [1.82, 2.24) is 5.32 Å². The first-order valence-corrected chi connectivity index (χ1v) is 31.8. The average Bonchev–Trinajstić information content (AvgIpc) is 3.45. The normalized spacial score (nSPS) is 19.5. The number of carbonyl (C=O) groups is 1. The standard InChI is InChI=1S/C69H117NO8/c1-3-5-7-9-11-13-15-17-19-21-23-24-25-26-27-28-29-30-31-32-33-34-35-36-37-38-39-40-41-43-45-47-49-51-53-55-57-59-65(73)70-62(61-77-69-68(76)67(75)66(74)64(60-71)78-69)63(72)58-56-54-52-50-48-46-44-42-22-20-18-16-14-12-10-8-6-4-2/h5,7,11,13,17,19,23-24,26-27,29-30,32-33,35-36,38-39,56,58,62-64,66-69,71-72,74-76H,3-4,6,8-10,12,14-16,18,20-22,25,28,31,34,37,40-55,57,59-61H2,1-2H3,(H,70,73)/b7-5-,13-11-,19-17-,24-23-,27-26-,30-29-,33-32-,36-35-,39-38-,58-56+. The van der Waals surface area contributed by atoms with E-state index in [1.54, 1.807) is 6.08 Å². The Morgan fingerprint density at radius 2 is 0.795 bits per heavy atom. The van der Waals surface area contributed by atoms with Gasteiger partial charge in [-0.1, -0.05) is 277 Å². The van der Waals surface area contributed by atoms with Gasteiger partial charge in [0.25, 0.3) is 0 Å². The number of rotatable bonds is 53. The topological polar surface area (TPSA) is 149 Å². The molecule has 6 N–H and O–H groups in total. The molecule has 1 heterocycles. The van der Waals surface area contributed by atoms with E-state index < -0.39 is 49.5 Å². The van der Waals surface area contributed by atoms with Gasteiger partial charge < -0.3 is 40.3 Å². The summed E-state index contributed by atoms with van der Waals surface area (Å²) in [5.74, 6) is -0.187. The zero-order chi connectivity index (χ0) is 56.5. The van der Waals surface area contributed by atoms with Gasteiger partial charge in [-0.25, -0.2) is 0 Å². The third-order valence-electron chi connectivity index (χ3n) is 14.3. The Morgan fingerprint density at radius 3 is 1.18 bits per heavy atom. The van der Waals surface area contributed by atoms with E-state index in [9.17, 15) is 30.3 Å². The average molecular weight is 1090 g/mol. The molecule has 0 bridgehead atoms. The number of hydrogen-bond donors (Lipinski definition) is 6. The van der Waals surface area contributed by atoms with Crippen molar-refractivity contribution in [3.63, 3.8) is 0 Å². The van der Waals surface area contributed by atoms with Crippen molar-refractivity contribution in [1.29, 1.82) is 0 Å². The number of allylic oxidation sites excluding steroid dienone is 19. The van der Waals surface area contributed by atoms with Gasteiger partial charge in [0.15, 0.2) is 6.29 Å². The Hall–Kier alpha value is -3.41. The van der Waals surface area contributed by atoms with Crippen molar-refractivity contribution in [2.75, 3.05) is 13.2 Å². The number of unbranched alkanes of at least 4 members (excludes halogenated alkanes) is 25. The quantitative estimate of drug-likeness (QED) is 0.0261. The summed E-state index contributed by atoms with van der Waals surface area (Å²) >= 11 is 0. The van der Waals surface area contributed by atoms with E-state index in [2.05, 4.69) is 129 Å². The SMILES string of the molecule is CC/C=C\C/C=C\C/C=C\C/C=C\C/C=C\C/C=C\C/C=C\C/C=C\C/C=C\CCCCCCCCCCCC(=O)NC(COC1OC(CO)C(O)C(O)C1O)C(O)/C=C/CCCCCCCCCCCCCCCCCC. The molecule has 0 aromatic heterocycles. The first kappa shape index (κ1) is 72.6. The summed E-state index contributed by atoms with van der Waals surface area (Å²) in [6, 6.07) is -0.817. The first-order chi connectivity index (χ1) is 38.3. The summed E-state index contributed by atoms with van der Waals surface area (Å²) in [5, 5.41) is 54.6. The molecule has 0 aromatic rings. The predicted molar refractivity (Wildman–Crippen MR) is 331 cm³/mol. The predicted octanol–water partition coefficient (Wildman–Crippen LogP) is 16.7. The molecule has 9 heteroatoms. The number of hydrogen-bond acceptors (Lipinski definition) is 8. The van der Waals surface area contributed by atoms with Crippen LogP contribution in [-0.2, 0) is 14.3 Å². The lowest BCUT2D eigenvalue weighted by Crippen LogP contribution is -2.60. The minimum atomic E-state index is -1.57. The monoisotopic (exact) mass is 1090 g/mol. The van der Waals surface area contributed by atoms with Gasteiger partial charge in [0.05, 0.1) is 25.4 Å². The highest BCUT2D eigenvalue weighted by molar-refractivity contribution is 5.76. The van der Waals surface area contributed by atoms with E-state index in [0.29, 0.717) is 6.42 Å². The van der Waals surface area contributed by atoms with Crippen LogP contribution in [0, 0.1) is 0 Å². The summed E-state index contributed by atoms with van der Waals surface area (Å²) in [6.45, 7) is 3.67. The molecule has 9 nitrogen and oxygen atoms in total. The van der Waals surface area contributed by atoms with E-state index in [0.717, 1.165) is 109 Å². The second-order valence-corrected chi connectivity index (χ2v) is 21.5. The highest BCUT2D eigenvalue weighted by atomic mass is 16.7. The molecule has 1 aliphatic rings. The number of aliphatic hydroxyl groups excluding tert-OH is 5. The molecule has 0 spiro atoms. The number of ether oxygens (including phenoxy) is 2. The van der Waals surface area contributed by atoms with Gasteiger partial charge in [0.2, 0.25) is 5.91 Å². The third kappa shape index (κ3) is 45.3. The molecule has 1 amide bonds. The molecule has 1 fully saturated rings. The summed E-state index contributed by atoms with van der Waals surface area (Å²) in [7, 11) is 0. The summed E-state index contributed by atoms with van der Waals surface area (Å²) in [6.07, 6.45) is 78.4. The Kier molecular flexibility index (Phi) is 52.9. The fourth-order valence-corrected chi connectivity index (χ4v) is 9.33. The molecule has 0 aliphatic carbocycles. The molecule has 1 rings (SSSR count). The second-order valence-electron chi connectivity index (χ2n) is 21.5. The summed E-state index contributed by atoms with van der Waals surface area (Å²) in [4.78, 5) is 13.1. The van der Waals surface area contributed by atoms with Crippen LogP contribution in [0.2, 0.25) is 0 Å². The van der Waals surface area contributed by atoms with Gasteiger partial charge in [-0.3, -0.25) is 4.79 Å². The second kappa shape index (κ2) is 56.8. The molecule has 0 saturated carbocycles. The number of amides is 1. The van der Waals surface area contributed by atoms with Gasteiger partial charge >= 0.3 is 0 Å². The minimum absolute atomic E-state index is 0.187. The molecule has 1 saturated heterocycles. The van der Waals surface area contributed by atoms with E-state index in [4.69, 9.17) is 9.47 Å². The van der Waals surface area contributed by atoms with Crippen molar-refractivity contribution in [3.8, 4) is 0 Å². The molecular formula is C69H117NO8. The largest absolute Gasteiger partial charge is 0.394 e. The molecular weight excluding hydrogens is 971 g/mol. The van der Waals surface area contributed by atoms with Crippen LogP contribution in [-0.4, -0.2) is 87.5 Å². The first-order valence-electron chi connectivity index (χ1n) is 31.8. The Morgan fingerprint density at radius 1 is 0.449 bits per heavy atom. The maximum Gasteiger partial charge on any atom is 0.220 e. The lowest BCUT2D eigenvalue weighted by molar-refractivity contribution is -0.302. The van der Waals surface area contributed by atoms with Crippen molar-refractivity contribution < 1.29 is 39.8 Å². The van der Waals surface area contributed by atoms with Crippen LogP contribution < -0.4 is 5.32 Å². The molecule has 446 valence electrons. The zero-order valence-corrected chi connectivity index (χ0v) is 49.6. The molecule has 7 unspecified atom stereocenters. The van der Waals surface area contributed by atoms with Crippen molar-refractivity contribution in [2.45, 2.75) is 294 Å². The van der Waals surface area contributed by atoms with E-state index in [-0.39, 0.29) is 12.5 Å². The maximum atomic E-state index is 13.1. The zero-order valence-electron chi connectivity index (χ0n) is 49.6.